The Balaban J connectivity index is 2.00. The number of piperidine rings is 1. The Morgan fingerprint density at radius 2 is 2.10 bits per heavy atom. The lowest BCUT2D eigenvalue weighted by atomic mass is 9.90. The van der Waals surface area contributed by atoms with Gasteiger partial charge < -0.3 is 4.74 Å². The largest absolute Gasteiger partial charge is 0.468 e. The fraction of sp³-hybridized carbons (Fsp3) is 0.938. The topological polar surface area (TPSA) is 41.6 Å². The van der Waals surface area contributed by atoms with Crippen LogP contribution in [-0.4, -0.2) is 48.2 Å². The molecule has 1 N–H and O–H groups in total. The number of likely N-dealkylation sites (tertiary alicyclic amines) is 1. The summed E-state index contributed by atoms with van der Waals surface area (Å²) in [7, 11) is 1.49. The molecular formula is C16H30N2O2. The van der Waals surface area contributed by atoms with Crippen LogP contribution in [0.2, 0.25) is 0 Å². The van der Waals surface area contributed by atoms with Crippen LogP contribution >= 0.6 is 0 Å². The molecule has 4 heteroatoms. The molecule has 0 aromatic heterocycles. The second kappa shape index (κ2) is 6.44. The average molecular weight is 282 g/mol. The van der Waals surface area contributed by atoms with Gasteiger partial charge in [0.1, 0.15) is 5.54 Å². The predicted molar refractivity (Wildman–Crippen MR) is 80.7 cm³/mol. The van der Waals surface area contributed by atoms with Crippen molar-refractivity contribution in [3.63, 3.8) is 0 Å². The Bertz CT molecular complexity index is 343. The smallest absolute Gasteiger partial charge is 0.325 e. The second-order valence-corrected chi connectivity index (χ2v) is 6.88. The summed E-state index contributed by atoms with van der Waals surface area (Å²) >= 11 is 0. The van der Waals surface area contributed by atoms with E-state index >= 15 is 0 Å². The summed E-state index contributed by atoms with van der Waals surface area (Å²) in [5.74, 6) is -0.124. The van der Waals surface area contributed by atoms with Crippen LogP contribution in [0.4, 0.5) is 0 Å². The van der Waals surface area contributed by atoms with E-state index in [1.54, 1.807) is 0 Å². The molecule has 1 aliphatic carbocycles. The first kappa shape index (κ1) is 15.8. The molecule has 3 unspecified atom stereocenters. The number of rotatable bonds is 6. The van der Waals surface area contributed by atoms with E-state index in [1.807, 2.05) is 6.92 Å². The minimum atomic E-state index is -0.549. The number of esters is 1. The standard InChI is InChI=1S/C16H30N2O2/c1-12-7-5-6-10-18(12)13(2)11-16(3,15(19)20-4)17-14-8-9-14/h12-14,17H,5-11H2,1-4H3. The van der Waals surface area contributed by atoms with Gasteiger partial charge in [0, 0.05) is 18.1 Å². The quantitative estimate of drug-likeness (QED) is 0.759. The molecule has 1 saturated heterocycles. The molecule has 0 bridgehead atoms. The number of nitrogens with zero attached hydrogens (tertiary/aromatic N) is 1. The lowest BCUT2D eigenvalue weighted by molar-refractivity contribution is -0.149. The van der Waals surface area contributed by atoms with Gasteiger partial charge in [0.25, 0.3) is 0 Å². The second-order valence-electron chi connectivity index (χ2n) is 6.88. The van der Waals surface area contributed by atoms with Gasteiger partial charge in [-0.25, -0.2) is 0 Å². The number of carbonyl (C=O) groups excluding carboxylic acids is 1. The highest BCUT2D eigenvalue weighted by Gasteiger charge is 2.41. The lowest BCUT2D eigenvalue weighted by Crippen LogP contribution is -2.56. The van der Waals surface area contributed by atoms with Gasteiger partial charge in [0.05, 0.1) is 7.11 Å². The Kier molecular flexibility index (Phi) is 5.08. The van der Waals surface area contributed by atoms with Crippen LogP contribution in [-0.2, 0) is 9.53 Å². The van der Waals surface area contributed by atoms with E-state index in [4.69, 9.17) is 4.74 Å². The number of hydrogen-bond donors (Lipinski definition) is 1. The zero-order valence-corrected chi connectivity index (χ0v) is 13.4. The summed E-state index contributed by atoms with van der Waals surface area (Å²) < 4.78 is 5.04. The van der Waals surface area contributed by atoms with Crippen LogP contribution in [0.5, 0.6) is 0 Å². The Hall–Kier alpha value is -0.610. The summed E-state index contributed by atoms with van der Waals surface area (Å²) in [6, 6.07) is 1.53. The van der Waals surface area contributed by atoms with Crippen LogP contribution in [0.1, 0.15) is 59.3 Å². The van der Waals surface area contributed by atoms with Crippen molar-refractivity contribution in [1.82, 2.24) is 10.2 Å². The molecule has 1 saturated carbocycles. The molecule has 4 nitrogen and oxygen atoms in total. The minimum Gasteiger partial charge on any atom is -0.468 e. The van der Waals surface area contributed by atoms with Gasteiger partial charge >= 0.3 is 5.97 Å². The molecule has 2 fully saturated rings. The van der Waals surface area contributed by atoms with Crippen molar-refractivity contribution < 1.29 is 9.53 Å². The van der Waals surface area contributed by atoms with Crippen LogP contribution in [0, 0.1) is 0 Å². The molecular weight excluding hydrogens is 252 g/mol. The van der Waals surface area contributed by atoms with E-state index in [-0.39, 0.29) is 5.97 Å². The average Bonchev–Trinajstić information content (AvgIpc) is 3.21. The summed E-state index contributed by atoms with van der Waals surface area (Å²) in [6.07, 6.45) is 7.07. The molecule has 20 heavy (non-hydrogen) atoms. The first-order valence-corrected chi connectivity index (χ1v) is 8.08. The maximum Gasteiger partial charge on any atom is 0.325 e. The molecule has 2 aliphatic rings. The van der Waals surface area contributed by atoms with Crippen molar-refractivity contribution in [1.29, 1.82) is 0 Å². The highest BCUT2D eigenvalue weighted by atomic mass is 16.5. The van der Waals surface area contributed by atoms with Crippen molar-refractivity contribution in [3.05, 3.63) is 0 Å². The lowest BCUT2D eigenvalue weighted by Gasteiger charge is -2.41. The monoisotopic (exact) mass is 282 g/mol. The van der Waals surface area contributed by atoms with Crippen molar-refractivity contribution >= 4 is 5.97 Å². The third-order valence-corrected chi connectivity index (χ3v) is 4.86. The van der Waals surface area contributed by atoms with Crippen molar-refractivity contribution in [2.75, 3.05) is 13.7 Å². The molecule has 0 amide bonds. The van der Waals surface area contributed by atoms with Crippen LogP contribution in [0.3, 0.4) is 0 Å². The fourth-order valence-corrected chi connectivity index (χ4v) is 3.59. The normalized spacial score (nSPS) is 28.7. The molecule has 1 aliphatic heterocycles. The highest BCUT2D eigenvalue weighted by Crippen LogP contribution is 2.28. The number of carbonyl (C=O) groups is 1. The fourth-order valence-electron chi connectivity index (χ4n) is 3.59. The molecule has 116 valence electrons. The first-order chi connectivity index (χ1) is 9.46. The summed E-state index contributed by atoms with van der Waals surface area (Å²) in [6.45, 7) is 7.71. The van der Waals surface area contributed by atoms with Crippen molar-refractivity contribution in [2.24, 2.45) is 0 Å². The number of hydrogen-bond acceptors (Lipinski definition) is 4. The van der Waals surface area contributed by atoms with Gasteiger partial charge in [-0.05, 0) is 59.4 Å². The molecule has 0 spiro atoms. The Labute approximate surface area is 123 Å². The first-order valence-electron chi connectivity index (χ1n) is 8.08. The molecule has 0 aromatic carbocycles. The maximum atomic E-state index is 12.2. The van der Waals surface area contributed by atoms with E-state index in [1.165, 1.54) is 39.2 Å². The molecule has 2 rings (SSSR count). The SMILES string of the molecule is COC(=O)C(C)(CC(C)N1CCCCC1C)NC1CC1. The van der Waals surface area contributed by atoms with Crippen molar-refractivity contribution in [3.8, 4) is 0 Å². The van der Waals surface area contributed by atoms with E-state index in [0.717, 1.165) is 13.0 Å². The van der Waals surface area contributed by atoms with E-state index in [2.05, 4.69) is 24.1 Å². The highest BCUT2D eigenvalue weighted by molar-refractivity contribution is 5.80. The predicted octanol–water partition coefficient (Wildman–Crippen LogP) is 2.32. The van der Waals surface area contributed by atoms with Gasteiger partial charge in [0.15, 0.2) is 0 Å². The zero-order chi connectivity index (χ0) is 14.8. The van der Waals surface area contributed by atoms with Gasteiger partial charge in [-0.1, -0.05) is 6.42 Å². The number of ether oxygens (including phenoxy) is 1. The third-order valence-electron chi connectivity index (χ3n) is 4.86. The summed E-state index contributed by atoms with van der Waals surface area (Å²) in [4.78, 5) is 14.7. The molecule has 0 aromatic rings. The van der Waals surface area contributed by atoms with Crippen LogP contribution in [0.25, 0.3) is 0 Å². The Morgan fingerprint density at radius 1 is 1.40 bits per heavy atom. The summed E-state index contributed by atoms with van der Waals surface area (Å²) in [5.41, 5.74) is -0.549. The van der Waals surface area contributed by atoms with Crippen LogP contribution < -0.4 is 5.32 Å². The van der Waals surface area contributed by atoms with Crippen molar-refractivity contribution in [2.45, 2.75) is 83.0 Å². The number of nitrogens with one attached hydrogen (secondary N) is 1. The zero-order valence-electron chi connectivity index (χ0n) is 13.4. The van der Waals surface area contributed by atoms with Gasteiger partial charge in [-0.3, -0.25) is 15.0 Å². The maximum absolute atomic E-state index is 12.2. The molecule has 1 heterocycles. The van der Waals surface area contributed by atoms with Gasteiger partial charge in [-0.2, -0.15) is 0 Å². The minimum absolute atomic E-state index is 0.124. The number of methoxy groups -OCH3 is 1. The van der Waals surface area contributed by atoms with E-state index in [9.17, 15) is 4.79 Å². The van der Waals surface area contributed by atoms with E-state index in [0.29, 0.717) is 18.1 Å². The van der Waals surface area contributed by atoms with Gasteiger partial charge in [0.2, 0.25) is 0 Å². The molecule has 0 radical (unpaired) electrons. The summed E-state index contributed by atoms with van der Waals surface area (Å²) in [5, 5.41) is 3.50. The van der Waals surface area contributed by atoms with Crippen LogP contribution in [0.15, 0.2) is 0 Å². The molecule has 3 atom stereocenters. The Morgan fingerprint density at radius 3 is 2.65 bits per heavy atom. The third kappa shape index (κ3) is 3.73. The van der Waals surface area contributed by atoms with E-state index < -0.39 is 5.54 Å². The van der Waals surface area contributed by atoms with Gasteiger partial charge in [-0.15, -0.1) is 0 Å².